The van der Waals surface area contributed by atoms with Gasteiger partial charge < -0.3 is 24.4 Å². The van der Waals surface area contributed by atoms with Crippen LogP contribution in [0.1, 0.15) is 143 Å². The number of carbonyl (C=O) groups is 4. The lowest BCUT2D eigenvalue weighted by Crippen LogP contribution is -2.39. The molecule has 0 bridgehead atoms. The van der Waals surface area contributed by atoms with Gasteiger partial charge in [-0.05, 0) is 133 Å². The first-order chi connectivity index (χ1) is 21.9. The maximum atomic E-state index is 14.0. The van der Waals surface area contributed by atoms with Gasteiger partial charge >= 0.3 is 17.9 Å². The van der Waals surface area contributed by atoms with E-state index in [0.29, 0.717) is 25.1 Å². The highest BCUT2D eigenvalue weighted by Gasteiger charge is 2.44. The van der Waals surface area contributed by atoms with E-state index in [2.05, 4.69) is 32.2 Å². The molecule has 48 heavy (non-hydrogen) atoms. The average molecular weight is 671 g/mol. The quantitative estimate of drug-likeness (QED) is 0.144. The Balaban J connectivity index is 3.01. The monoisotopic (exact) mass is 670 g/mol. The van der Waals surface area contributed by atoms with Crippen LogP contribution in [0.25, 0.3) is 0 Å². The van der Waals surface area contributed by atoms with E-state index in [1.807, 2.05) is 46.7 Å². The first-order valence-electron chi connectivity index (χ1n) is 17.3. The number of allylic oxidation sites excluding steroid dienone is 2. The zero-order chi connectivity index (χ0) is 36.9. The van der Waals surface area contributed by atoms with E-state index < -0.39 is 40.2 Å². The molecule has 0 fully saturated rings. The van der Waals surface area contributed by atoms with Crippen molar-refractivity contribution >= 4 is 23.8 Å². The molecule has 0 spiro atoms. The number of amides is 1. The molecule has 4 atom stereocenters. The number of likely N-dealkylation sites (N-methyl/N-ethyl adjacent to an activating group) is 1. The predicted molar refractivity (Wildman–Crippen MR) is 190 cm³/mol. The minimum atomic E-state index is -0.903. The van der Waals surface area contributed by atoms with Crippen molar-refractivity contribution in [1.29, 1.82) is 0 Å². The van der Waals surface area contributed by atoms with Crippen molar-refractivity contribution in [2.75, 3.05) is 27.2 Å². The molecule has 1 aliphatic carbocycles. The van der Waals surface area contributed by atoms with Gasteiger partial charge in [0.2, 0.25) is 0 Å². The normalized spacial score (nSPS) is 18.8. The number of nitrogens with one attached hydrogen (secondary N) is 1. The lowest BCUT2D eigenvalue weighted by molar-refractivity contribution is -0.161. The number of ether oxygens (including phenoxy) is 3. The largest absolute Gasteiger partial charge is 0.461 e. The molecular formula is C39H62N2O7. The number of fused-ring (bicyclic) bond motifs is 1. The van der Waals surface area contributed by atoms with Gasteiger partial charge in [-0.1, -0.05) is 25.5 Å². The van der Waals surface area contributed by atoms with Crippen LogP contribution in [-0.4, -0.2) is 62.0 Å². The first-order valence-corrected chi connectivity index (χ1v) is 17.3. The molecule has 1 N–H and O–H groups in total. The Kier molecular flexibility index (Phi) is 13.7. The molecule has 0 heterocycles. The molecule has 1 aromatic carbocycles. The summed E-state index contributed by atoms with van der Waals surface area (Å²) in [6.07, 6.45) is 3.80. The lowest BCUT2D eigenvalue weighted by Gasteiger charge is -2.41. The highest BCUT2D eigenvalue weighted by atomic mass is 16.6. The van der Waals surface area contributed by atoms with Crippen molar-refractivity contribution in [3.8, 4) is 11.5 Å². The molecule has 0 radical (unpaired) electrons. The Morgan fingerprint density at radius 2 is 1.42 bits per heavy atom. The molecule has 1 amide bonds. The summed E-state index contributed by atoms with van der Waals surface area (Å²) in [5, 5.41) is 2.96. The summed E-state index contributed by atoms with van der Waals surface area (Å²) in [5.74, 6) is -2.40. The van der Waals surface area contributed by atoms with Crippen LogP contribution >= 0.6 is 0 Å². The van der Waals surface area contributed by atoms with E-state index in [1.165, 1.54) is 5.57 Å². The molecule has 1 aromatic rings. The molecule has 270 valence electrons. The van der Waals surface area contributed by atoms with Crippen LogP contribution in [0.15, 0.2) is 17.7 Å². The van der Waals surface area contributed by atoms with Gasteiger partial charge in [-0.2, -0.15) is 0 Å². The van der Waals surface area contributed by atoms with Crippen molar-refractivity contribution in [3.05, 3.63) is 34.4 Å². The zero-order valence-electron chi connectivity index (χ0n) is 32.3. The van der Waals surface area contributed by atoms with Gasteiger partial charge in [0.25, 0.3) is 5.91 Å². The summed E-state index contributed by atoms with van der Waals surface area (Å²) >= 11 is 0. The van der Waals surface area contributed by atoms with E-state index in [-0.39, 0.29) is 40.8 Å². The smallest absolute Gasteiger partial charge is 0.316 e. The van der Waals surface area contributed by atoms with Gasteiger partial charge in [0, 0.05) is 24.6 Å². The van der Waals surface area contributed by atoms with Crippen molar-refractivity contribution in [2.24, 2.45) is 22.2 Å². The fourth-order valence-electron chi connectivity index (χ4n) is 5.55. The van der Waals surface area contributed by atoms with Crippen LogP contribution < -0.4 is 14.8 Å². The van der Waals surface area contributed by atoms with E-state index in [9.17, 15) is 19.2 Å². The van der Waals surface area contributed by atoms with E-state index in [4.69, 9.17) is 14.2 Å². The van der Waals surface area contributed by atoms with Gasteiger partial charge in [0.1, 0.15) is 6.10 Å². The second kappa shape index (κ2) is 16.0. The summed E-state index contributed by atoms with van der Waals surface area (Å²) in [6.45, 7) is 25.1. The Morgan fingerprint density at radius 3 is 1.90 bits per heavy atom. The van der Waals surface area contributed by atoms with Gasteiger partial charge in [-0.3, -0.25) is 19.2 Å². The lowest BCUT2D eigenvalue weighted by atomic mass is 9.68. The Labute approximate surface area is 289 Å². The number of hydrogen-bond acceptors (Lipinski definition) is 8. The number of benzene rings is 1. The molecule has 0 saturated carbocycles. The minimum Gasteiger partial charge on any atom is -0.461 e. The average Bonchev–Trinajstić information content (AvgIpc) is 2.91. The van der Waals surface area contributed by atoms with Crippen LogP contribution in [0.2, 0.25) is 0 Å². The van der Waals surface area contributed by atoms with Crippen LogP contribution in [0.4, 0.5) is 0 Å². The molecule has 0 unspecified atom stereocenters. The summed E-state index contributed by atoms with van der Waals surface area (Å²) < 4.78 is 18.6. The zero-order valence-corrected chi connectivity index (χ0v) is 32.3. The van der Waals surface area contributed by atoms with Crippen LogP contribution in [0, 0.1) is 22.2 Å². The molecule has 0 aromatic heterocycles. The van der Waals surface area contributed by atoms with Crippen molar-refractivity contribution in [2.45, 2.75) is 127 Å². The number of carbonyl (C=O) groups excluding carboxylic acids is 4. The van der Waals surface area contributed by atoms with Crippen molar-refractivity contribution < 1.29 is 33.4 Å². The fourth-order valence-corrected chi connectivity index (χ4v) is 5.55. The first kappa shape index (κ1) is 41.0. The van der Waals surface area contributed by atoms with Gasteiger partial charge in [0.05, 0.1) is 21.8 Å². The highest BCUT2D eigenvalue weighted by Crippen LogP contribution is 2.53. The summed E-state index contributed by atoms with van der Waals surface area (Å²) in [5.41, 5.74) is 0.260. The molecule has 0 aliphatic heterocycles. The maximum absolute atomic E-state index is 14.0. The maximum Gasteiger partial charge on any atom is 0.316 e. The molecule has 2 rings (SSSR count). The molecule has 9 heteroatoms. The highest BCUT2D eigenvalue weighted by molar-refractivity contribution is 6.00. The number of rotatable bonds is 11. The summed E-state index contributed by atoms with van der Waals surface area (Å²) in [4.78, 5) is 56.4. The van der Waals surface area contributed by atoms with E-state index in [1.54, 1.807) is 47.6 Å². The number of nitrogens with zero attached hydrogens (tertiary/aromatic N) is 1. The third-order valence-corrected chi connectivity index (χ3v) is 8.51. The van der Waals surface area contributed by atoms with E-state index >= 15 is 0 Å². The standard InChI is InChI=1S/C39H62N2O7/c1-23(2)17-16-18-24(3)29-26-22-27(33(42)40-19-20-41(14)15)31(47-35(44)38(8,9)10)32(48-36(45)39(11,12)13)30(26)25(4)21-28(29)46-34(43)37(5,6)7/h17,22,24-25,28-29H,16,18-21H2,1-15H3,(H,40,42)/t24-,25+,28+,29-/m0/s1. The van der Waals surface area contributed by atoms with Crippen molar-refractivity contribution in [3.63, 3.8) is 0 Å². The topological polar surface area (TPSA) is 111 Å². The summed E-state index contributed by atoms with van der Waals surface area (Å²) in [7, 11) is 3.82. The SMILES string of the molecule is CC(C)=CCC[C@H](C)[C@H]1c2cc(C(=O)NCCN(C)C)c(OC(=O)C(C)(C)C)c(OC(=O)C(C)(C)C)c2[C@H](C)C[C@H]1OC(=O)C(C)(C)C. The minimum absolute atomic E-state index is 0.0170. The van der Waals surface area contributed by atoms with E-state index in [0.717, 1.165) is 18.4 Å². The van der Waals surface area contributed by atoms with Gasteiger partial charge in [0.15, 0.2) is 11.5 Å². The van der Waals surface area contributed by atoms with Gasteiger partial charge in [-0.25, -0.2) is 0 Å². The third kappa shape index (κ3) is 10.9. The fraction of sp³-hybridized carbons (Fsp3) is 0.692. The van der Waals surface area contributed by atoms with Crippen LogP contribution in [-0.2, 0) is 19.1 Å². The number of esters is 3. The third-order valence-electron chi connectivity index (χ3n) is 8.51. The van der Waals surface area contributed by atoms with Crippen molar-refractivity contribution in [1.82, 2.24) is 10.2 Å². The van der Waals surface area contributed by atoms with Crippen LogP contribution in [0.5, 0.6) is 11.5 Å². The molecular weight excluding hydrogens is 608 g/mol. The number of hydrogen-bond donors (Lipinski definition) is 1. The Hall–Kier alpha value is -3.20. The second-order valence-electron chi connectivity index (χ2n) is 17.1. The molecule has 0 saturated heterocycles. The molecule has 1 aliphatic rings. The van der Waals surface area contributed by atoms with Gasteiger partial charge in [-0.15, -0.1) is 0 Å². The second-order valence-corrected chi connectivity index (χ2v) is 17.1. The Morgan fingerprint density at radius 1 is 0.896 bits per heavy atom. The van der Waals surface area contributed by atoms with Crippen LogP contribution in [0.3, 0.4) is 0 Å². The predicted octanol–water partition coefficient (Wildman–Crippen LogP) is 7.81. The molecule has 9 nitrogen and oxygen atoms in total. The Bertz CT molecular complexity index is 1370. The summed E-state index contributed by atoms with van der Waals surface area (Å²) in [6, 6.07) is 1.77.